The van der Waals surface area contributed by atoms with Crippen molar-refractivity contribution in [3.05, 3.63) is 131 Å². The van der Waals surface area contributed by atoms with E-state index < -0.39 is 18.2 Å². The molecule has 0 spiro atoms. The van der Waals surface area contributed by atoms with Gasteiger partial charge in [0.15, 0.2) is 0 Å². The molecule has 0 aromatic heterocycles. The summed E-state index contributed by atoms with van der Waals surface area (Å²) < 4.78 is 31.7. The summed E-state index contributed by atoms with van der Waals surface area (Å²) in [5.41, 5.74) is 11.0. The molecule has 1 aliphatic rings. The minimum Gasteiger partial charge on any atom is -0.475 e. The molecule has 12 heteroatoms. The molecule has 0 saturated heterocycles. The standard InChI is InChI=1S/C32H30N4O3.C2HF3O2/c33-21-23-10-7-13-26(18-23)31(38)35-30(25-11-5-2-6-12-25)32(39)34-27-15-14-24-16-17-36(28(24)20-27)29(37)19-22-8-3-1-4-9-22;3-2(4,5)1(6)7/h1-15,18,20,30H,16-17,19,21,33H2,(H,34,39)(H,35,38);(H,6,7)/t30-;/m0./s1. The Kier molecular flexibility index (Phi) is 10.9. The number of fused-ring (bicyclic) bond motifs is 1. The van der Waals surface area contributed by atoms with Crippen molar-refractivity contribution in [2.75, 3.05) is 16.8 Å². The van der Waals surface area contributed by atoms with Gasteiger partial charge in [0.25, 0.3) is 11.8 Å². The molecule has 238 valence electrons. The van der Waals surface area contributed by atoms with E-state index in [0.717, 1.165) is 28.8 Å². The number of carboxylic acids is 1. The Morgan fingerprint density at radius 2 is 1.48 bits per heavy atom. The van der Waals surface area contributed by atoms with Crippen LogP contribution in [0.3, 0.4) is 0 Å². The van der Waals surface area contributed by atoms with Crippen molar-refractivity contribution in [3.8, 4) is 0 Å². The van der Waals surface area contributed by atoms with Crippen LogP contribution < -0.4 is 21.3 Å². The third kappa shape index (κ3) is 8.79. The van der Waals surface area contributed by atoms with E-state index in [-0.39, 0.29) is 17.7 Å². The van der Waals surface area contributed by atoms with Gasteiger partial charge in [-0.3, -0.25) is 14.4 Å². The molecule has 0 unspecified atom stereocenters. The van der Waals surface area contributed by atoms with Crippen LogP contribution >= 0.6 is 0 Å². The Morgan fingerprint density at radius 3 is 2.11 bits per heavy atom. The molecule has 1 aliphatic heterocycles. The van der Waals surface area contributed by atoms with Gasteiger partial charge < -0.3 is 26.4 Å². The fourth-order valence-electron chi connectivity index (χ4n) is 4.80. The highest BCUT2D eigenvalue weighted by molar-refractivity contribution is 6.03. The number of carbonyl (C=O) groups excluding carboxylic acids is 3. The zero-order chi connectivity index (χ0) is 33.3. The van der Waals surface area contributed by atoms with Gasteiger partial charge in [-0.2, -0.15) is 13.2 Å². The first kappa shape index (κ1) is 33.4. The Bertz CT molecular complexity index is 1700. The normalized spacial score (nSPS) is 12.7. The number of carboxylic acid groups (broad SMARTS) is 1. The molecule has 4 aromatic carbocycles. The van der Waals surface area contributed by atoms with Crippen LogP contribution in [0.1, 0.15) is 38.7 Å². The van der Waals surface area contributed by atoms with Crippen LogP contribution in [0.4, 0.5) is 24.5 Å². The summed E-state index contributed by atoms with van der Waals surface area (Å²) in [5.74, 6) is -3.50. The lowest BCUT2D eigenvalue weighted by Gasteiger charge is -2.21. The number of rotatable bonds is 8. The predicted octanol–water partition coefficient (Wildman–Crippen LogP) is 5.02. The molecule has 5 rings (SSSR count). The Balaban J connectivity index is 0.000000617. The Hall–Kier alpha value is -5.49. The molecule has 9 nitrogen and oxygen atoms in total. The van der Waals surface area contributed by atoms with Crippen LogP contribution in [-0.4, -0.2) is 41.5 Å². The fraction of sp³-hybridized carbons (Fsp3) is 0.176. The van der Waals surface area contributed by atoms with Gasteiger partial charge in [-0.15, -0.1) is 0 Å². The van der Waals surface area contributed by atoms with Crippen molar-refractivity contribution in [2.45, 2.75) is 31.6 Å². The first-order chi connectivity index (χ1) is 22.0. The van der Waals surface area contributed by atoms with E-state index in [2.05, 4.69) is 10.6 Å². The fourth-order valence-corrected chi connectivity index (χ4v) is 4.80. The van der Waals surface area contributed by atoms with Crippen LogP contribution in [0.2, 0.25) is 0 Å². The summed E-state index contributed by atoms with van der Waals surface area (Å²) in [5, 5.41) is 12.9. The van der Waals surface area contributed by atoms with E-state index in [1.807, 2.05) is 72.8 Å². The Morgan fingerprint density at radius 1 is 0.848 bits per heavy atom. The molecule has 4 aromatic rings. The number of amides is 3. The summed E-state index contributed by atoms with van der Waals surface area (Å²) >= 11 is 0. The van der Waals surface area contributed by atoms with E-state index >= 15 is 0 Å². The van der Waals surface area contributed by atoms with Crippen molar-refractivity contribution in [2.24, 2.45) is 5.73 Å². The van der Waals surface area contributed by atoms with Crippen molar-refractivity contribution in [3.63, 3.8) is 0 Å². The third-order valence-corrected chi connectivity index (χ3v) is 7.09. The lowest BCUT2D eigenvalue weighted by Crippen LogP contribution is -2.37. The number of hydrogen-bond acceptors (Lipinski definition) is 5. The van der Waals surface area contributed by atoms with Crippen LogP contribution in [0.15, 0.2) is 103 Å². The van der Waals surface area contributed by atoms with Crippen molar-refractivity contribution in [1.82, 2.24) is 5.32 Å². The number of hydrogen-bond donors (Lipinski definition) is 4. The number of anilines is 2. The highest BCUT2D eigenvalue weighted by Crippen LogP contribution is 2.32. The molecule has 46 heavy (non-hydrogen) atoms. The highest BCUT2D eigenvalue weighted by Gasteiger charge is 2.38. The van der Waals surface area contributed by atoms with Crippen LogP contribution in [0, 0.1) is 0 Å². The number of alkyl halides is 3. The minimum atomic E-state index is -5.08. The summed E-state index contributed by atoms with van der Waals surface area (Å²) in [6, 6.07) is 30.4. The maximum atomic E-state index is 13.5. The number of nitrogens with two attached hydrogens (primary N) is 1. The topological polar surface area (TPSA) is 142 Å². The quantitative estimate of drug-likeness (QED) is 0.215. The van der Waals surface area contributed by atoms with E-state index in [9.17, 15) is 27.6 Å². The lowest BCUT2D eigenvalue weighted by molar-refractivity contribution is -0.192. The smallest absolute Gasteiger partial charge is 0.475 e. The average molecular weight is 633 g/mol. The first-order valence-corrected chi connectivity index (χ1v) is 14.2. The lowest BCUT2D eigenvalue weighted by atomic mass is 10.0. The molecule has 0 saturated carbocycles. The molecule has 1 heterocycles. The summed E-state index contributed by atoms with van der Waals surface area (Å²) in [7, 11) is 0. The van der Waals surface area contributed by atoms with Crippen molar-refractivity contribution in [1.29, 1.82) is 0 Å². The molecular weight excluding hydrogens is 601 g/mol. The molecule has 0 bridgehead atoms. The second kappa shape index (κ2) is 15.0. The first-order valence-electron chi connectivity index (χ1n) is 14.2. The van der Waals surface area contributed by atoms with E-state index in [0.29, 0.717) is 36.3 Å². The average Bonchev–Trinajstić information content (AvgIpc) is 3.48. The molecule has 0 radical (unpaired) electrons. The van der Waals surface area contributed by atoms with Crippen LogP contribution in [0.25, 0.3) is 0 Å². The number of benzene rings is 4. The molecule has 5 N–H and O–H groups in total. The van der Waals surface area contributed by atoms with Gasteiger partial charge in [0.2, 0.25) is 5.91 Å². The zero-order valence-corrected chi connectivity index (χ0v) is 24.5. The number of nitrogens with one attached hydrogen (secondary N) is 2. The summed E-state index contributed by atoms with van der Waals surface area (Å²) in [4.78, 5) is 50.4. The molecule has 0 fully saturated rings. The largest absolute Gasteiger partial charge is 0.490 e. The predicted molar refractivity (Wildman–Crippen MR) is 166 cm³/mol. The van der Waals surface area contributed by atoms with Gasteiger partial charge in [-0.25, -0.2) is 4.79 Å². The van der Waals surface area contributed by atoms with Crippen LogP contribution in [0.5, 0.6) is 0 Å². The summed E-state index contributed by atoms with van der Waals surface area (Å²) in [6.07, 6.45) is -4.01. The summed E-state index contributed by atoms with van der Waals surface area (Å²) in [6.45, 7) is 0.913. The third-order valence-electron chi connectivity index (χ3n) is 7.09. The Labute approximate surface area is 262 Å². The molecule has 0 aliphatic carbocycles. The van der Waals surface area contributed by atoms with Gasteiger partial charge >= 0.3 is 12.1 Å². The second-order valence-electron chi connectivity index (χ2n) is 10.3. The van der Waals surface area contributed by atoms with E-state index in [1.165, 1.54) is 0 Å². The van der Waals surface area contributed by atoms with Gasteiger partial charge in [-0.1, -0.05) is 78.9 Å². The molecule has 1 atom stereocenters. The van der Waals surface area contributed by atoms with Crippen LogP contribution in [-0.2, 0) is 33.8 Å². The number of halogens is 3. The maximum absolute atomic E-state index is 13.5. The van der Waals surface area contributed by atoms with E-state index in [1.54, 1.807) is 35.2 Å². The van der Waals surface area contributed by atoms with Gasteiger partial charge in [0, 0.05) is 30.0 Å². The highest BCUT2D eigenvalue weighted by atomic mass is 19.4. The molecule has 3 amide bonds. The number of nitrogens with zero attached hydrogens (tertiary/aromatic N) is 1. The van der Waals surface area contributed by atoms with E-state index in [4.69, 9.17) is 15.6 Å². The maximum Gasteiger partial charge on any atom is 0.490 e. The van der Waals surface area contributed by atoms with Gasteiger partial charge in [0.05, 0.1) is 6.42 Å². The SMILES string of the molecule is NCc1cccc(C(=O)N[C@H](C(=O)Nc2ccc3c(c2)N(C(=O)Cc2ccccc2)CC3)c2ccccc2)c1.O=C(O)C(F)(F)F. The minimum absolute atomic E-state index is 0.0116. The number of carbonyl (C=O) groups is 4. The number of aliphatic carboxylic acids is 1. The monoisotopic (exact) mass is 632 g/mol. The molecular formula is C34H31F3N4O5. The second-order valence-corrected chi connectivity index (χ2v) is 10.3. The van der Waals surface area contributed by atoms with Gasteiger partial charge in [0.1, 0.15) is 6.04 Å². The zero-order valence-electron chi connectivity index (χ0n) is 24.5. The van der Waals surface area contributed by atoms with Gasteiger partial charge in [-0.05, 0) is 52.9 Å². The van der Waals surface area contributed by atoms with Crippen molar-refractivity contribution < 1.29 is 37.5 Å². The van der Waals surface area contributed by atoms with Crippen molar-refractivity contribution >= 4 is 35.1 Å².